The summed E-state index contributed by atoms with van der Waals surface area (Å²) in [5.74, 6) is 0.922. The minimum Gasteiger partial charge on any atom is -0.478 e. The van der Waals surface area contributed by atoms with Crippen LogP contribution >= 0.6 is 0 Å². The predicted molar refractivity (Wildman–Crippen MR) is 90.7 cm³/mol. The quantitative estimate of drug-likeness (QED) is 0.753. The molecule has 1 fully saturated rings. The van der Waals surface area contributed by atoms with Crippen LogP contribution in [0.25, 0.3) is 0 Å². The molecule has 0 bridgehead atoms. The standard InChI is InChI=1S/C20H28O3/c1-2-22-20(21)19(16-9-4-3-5-10-16)23-18-13-12-15-8-6-7-11-17(15)14-18/h12-14,16,19H,2-11H2,1H3. The maximum atomic E-state index is 12.4. The van der Waals surface area contributed by atoms with Gasteiger partial charge in [0.25, 0.3) is 0 Å². The molecule has 23 heavy (non-hydrogen) atoms. The minimum absolute atomic E-state index is 0.197. The molecule has 0 amide bonds. The summed E-state index contributed by atoms with van der Waals surface area (Å²) in [7, 11) is 0. The third-order valence-corrected chi connectivity index (χ3v) is 5.18. The summed E-state index contributed by atoms with van der Waals surface area (Å²) < 4.78 is 11.4. The Morgan fingerprint density at radius 3 is 2.57 bits per heavy atom. The van der Waals surface area contributed by atoms with E-state index in [4.69, 9.17) is 9.47 Å². The number of esters is 1. The zero-order valence-corrected chi connectivity index (χ0v) is 14.2. The molecular formula is C20H28O3. The van der Waals surface area contributed by atoms with E-state index in [2.05, 4.69) is 12.1 Å². The lowest BCUT2D eigenvalue weighted by Crippen LogP contribution is -2.37. The highest BCUT2D eigenvalue weighted by molar-refractivity contribution is 5.75. The molecule has 3 rings (SSSR count). The number of aryl methyl sites for hydroxylation is 2. The number of ether oxygens (including phenoxy) is 2. The van der Waals surface area contributed by atoms with Crippen molar-refractivity contribution in [1.82, 2.24) is 0 Å². The molecule has 1 aromatic carbocycles. The summed E-state index contributed by atoms with van der Waals surface area (Å²) in [6, 6.07) is 6.34. The molecular weight excluding hydrogens is 288 g/mol. The Labute approximate surface area is 139 Å². The van der Waals surface area contributed by atoms with Crippen LogP contribution in [0.2, 0.25) is 0 Å². The largest absolute Gasteiger partial charge is 0.478 e. The van der Waals surface area contributed by atoms with Gasteiger partial charge in [-0.05, 0) is 68.7 Å². The smallest absolute Gasteiger partial charge is 0.347 e. The van der Waals surface area contributed by atoms with Crippen LogP contribution in [-0.2, 0) is 22.4 Å². The monoisotopic (exact) mass is 316 g/mol. The van der Waals surface area contributed by atoms with Crippen molar-refractivity contribution >= 4 is 5.97 Å². The van der Waals surface area contributed by atoms with Gasteiger partial charge in [-0.25, -0.2) is 4.79 Å². The summed E-state index contributed by atoms with van der Waals surface area (Å²) in [4.78, 5) is 12.4. The molecule has 3 heteroatoms. The predicted octanol–water partition coefficient (Wildman–Crippen LogP) is 4.46. The Bertz CT molecular complexity index is 532. The Morgan fingerprint density at radius 2 is 1.83 bits per heavy atom. The fraction of sp³-hybridized carbons (Fsp3) is 0.650. The molecule has 0 saturated heterocycles. The zero-order valence-electron chi connectivity index (χ0n) is 14.2. The van der Waals surface area contributed by atoms with Gasteiger partial charge in [0.05, 0.1) is 6.61 Å². The van der Waals surface area contributed by atoms with Gasteiger partial charge in [-0.3, -0.25) is 0 Å². The molecule has 2 aliphatic rings. The highest BCUT2D eigenvalue weighted by atomic mass is 16.6. The average molecular weight is 316 g/mol. The van der Waals surface area contributed by atoms with Crippen LogP contribution in [0.3, 0.4) is 0 Å². The van der Waals surface area contributed by atoms with Crippen molar-refractivity contribution in [3.63, 3.8) is 0 Å². The molecule has 0 aromatic heterocycles. The summed E-state index contributed by atoms with van der Waals surface area (Å²) in [5, 5.41) is 0. The molecule has 126 valence electrons. The number of fused-ring (bicyclic) bond motifs is 1. The second kappa shape index (κ2) is 7.85. The molecule has 1 atom stereocenters. The van der Waals surface area contributed by atoms with E-state index in [1.54, 1.807) is 0 Å². The molecule has 0 spiro atoms. The van der Waals surface area contributed by atoms with E-state index in [-0.39, 0.29) is 5.97 Å². The van der Waals surface area contributed by atoms with Crippen LogP contribution in [-0.4, -0.2) is 18.7 Å². The third kappa shape index (κ3) is 4.07. The van der Waals surface area contributed by atoms with E-state index in [9.17, 15) is 4.79 Å². The van der Waals surface area contributed by atoms with Gasteiger partial charge in [-0.1, -0.05) is 25.3 Å². The van der Waals surface area contributed by atoms with Gasteiger partial charge in [0, 0.05) is 5.92 Å². The number of hydrogen-bond donors (Lipinski definition) is 0. The Morgan fingerprint density at radius 1 is 1.09 bits per heavy atom. The highest BCUT2D eigenvalue weighted by Crippen LogP contribution is 2.31. The van der Waals surface area contributed by atoms with Crippen molar-refractivity contribution in [3.8, 4) is 5.75 Å². The number of carbonyl (C=O) groups is 1. The van der Waals surface area contributed by atoms with Crippen LogP contribution in [0.4, 0.5) is 0 Å². The summed E-state index contributed by atoms with van der Waals surface area (Å²) in [6.45, 7) is 2.27. The van der Waals surface area contributed by atoms with Gasteiger partial charge < -0.3 is 9.47 Å². The normalized spacial score (nSPS) is 19.7. The third-order valence-electron chi connectivity index (χ3n) is 5.18. The molecule has 3 nitrogen and oxygen atoms in total. The maximum Gasteiger partial charge on any atom is 0.347 e. The Hall–Kier alpha value is -1.51. The number of carbonyl (C=O) groups excluding carboxylic acids is 1. The van der Waals surface area contributed by atoms with Gasteiger partial charge >= 0.3 is 5.97 Å². The topological polar surface area (TPSA) is 35.5 Å². The lowest BCUT2D eigenvalue weighted by Gasteiger charge is -2.29. The van der Waals surface area contributed by atoms with Crippen LogP contribution in [0, 0.1) is 5.92 Å². The molecule has 0 N–H and O–H groups in total. The number of hydrogen-bond acceptors (Lipinski definition) is 3. The van der Waals surface area contributed by atoms with E-state index in [0.717, 1.165) is 25.0 Å². The van der Waals surface area contributed by atoms with Crippen molar-refractivity contribution in [2.24, 2.45) is 5.92 Å². The molecule has 1 aromatic rings. The van der Waals surface area contributed by atoms with Crippen LogP contribution in [0.1, 0.15) is 63.0 Å². The maximum absolute atomic E-state index is 12.4. The number of benzene rings is 1. The van der Waals surface area contributed by atoms with E-state index in [1.165, 1.54) is 49.7 Å². The number of rotatable bonds is 5. The molecule has 1 saturated carbocycles. The van der Waals surface area contributed by atoms with Gasteiger partial charge in [-0.15, -0.1) is 0 Å². The van der Waals surface area contributed by atoms with Gasteiger partial charge in [0.1, 0.15) is 5.75 Å². The first-order chi connectivity index (χ1) is 11.3. The minimum atomic E-state index is -0.447. The lowest BCUT2D eigenvalue weighted by molar-refractivity contribution is -0.154. The fourth-order valence-electron chi connectivity index (χ4n) is 3.93. The first-order valence-electron chi connectivity index (χ1n) is 9.23. The lowest BCUT2D eigenvalue weighted by atomic mass is 9.85. The van der Waals surface area contributed by atoms with Gasteiger partial charge in [-0.2, -0.15) is 0 Å². The van der Waals surface area contributed by atoms with Crippen LogP contribution < -0.4 is 4.74 Å². The average Bonchev–Trinajstić information content (AvgIpc) is 2.60. The summed E-state index contributed by atoms with van der Waals surface area (Å²) in [5.41, 5.74) is 2.83. The Kier molecular flexibility index (Phi) is 5.58. The second-order valence-electron chi connectivity index (χ2n) is 6.83. The molecule has 0 radical (unpaired) electrons. The second-order valence-corrected chi connectivity index (χ2v) is 6.83. The molecule has 0 heterocycles. The molecule has 2 aliphatic carbocycles. The van der Waals surface area contributed by atoms with E-state index in [1.807, 2.05) is 13.0 Å². The summed E-state index contributed by atoms with van der Waals surface area (Å²) >= 11 is 0. The molecule has 0 aliphatic heterocycles. The molecule has 1 unspecified atom stereocenters. The first kappa shape index (κ1) is 16.4. The van der Waals surface area contributed by atoms with Crippen LogP contribution in [0.5, 0.6) is 5.75 Å². The van der Waals surface area contributed by atoms with Crippen LogP contribution in [0.15, 0.2) is 18.2 Å². The SMILES string of the molecule is CCOC(=O)C(Oc1ccc2c(c1)CCCC2)C1CCCCC1. The van der Waals surface area contributed by atoms with Crippen molar-refractivity contribution in [2.45, 2.75) is 70.8 Å². The fourth-order valence-corrected chi connectivity index (χ4v) is 3.93. The first-order valence-corrected chi connectivity index (χ1v) is 9.23. The Balaban J connectivity index is 1.75. The van der Waals surface area contributed by atoms with Gasteiger partial charge in [0.2, 0.25) is 0 Å². The van der Waals surface area contributed by atoms with Crippen molar-refractivity contribution in [3.05, 3.63) is 29.3 Å². The van der Waals surface area contributed by atoms with E-state index >= 15 is 0 Å². The van der Waals surface area contributed by atoms with Gasteiger partial charge in [0.15, 0.2) is 6.10 Å². The zero-order chi connectivity index (χ0) is 16.1. The van der Waals surface area contributed by atoms with Crippen molar-refractivity contribution < 1.29 is 14.3 Å². The van der Waals surface area contributed by atoms with E-state index < -0.39 is 6.10 Å². The van der Waals surface area contributed by atoms with E-state index in [0.29, 0.717) is 12.5 Å². The summed E-state index contributed by atoms with van der Waals surface area (Å²) in [6.07, 6.45) is 10.1. The van der Waals surface area contributed by atoms with Crippen molar-refractivity contribution in [2.75, 3.05) is 6.61 Å². The van der Waals surface area contributed by atoms with Crippen molar-refractivity contribution in [1.29, 1.82) is 0 Å². The highest BCUT2D eigenvalue weighted by Gasteiger charge is 2.32.